The molecule has 0 saturated heterocycles. The normalized spacial score (nSPS) is 11.6. The highest BCUT2D eigenvalue weighted by Gasteiger charge is 2.20. The van der Waals surface area contributed by atoms with E-state index in [1.54, 1.807) is 0 Å². The van der Waals surface area contributed by atoms with E-state index >= 15 is 0 Å². The van der Waals surface area contributed by atoms with Crippen molar-refractivity contribution < 1.29 is 8.83 Å². The van der Waals surface area contributed by atoms with Crippen LogP contribution in [0.25, 0.3) is 201 Å². The fourth-order valence-electron chi connectivity index (χ4n) is 15.0. The Kier molecular flexibility index (Phi) is 15.0. The highest BCUT2D eigenvalue weighted by Crippen LogP contribution is 2.40. The predicted molar refractivity (Wildman–Crippen MR) is 432 cm³/mol. The Morgan fingerprint density at radius 3 is 0.774 bits per heavy atom. The SMILES string of the molecule is c1ccc(-c2ccc(-c3nc(-c4ccc(-c5cccc(-n6c7ccccc7c7ccccc76)c5)cc4)nc(-c4ccc5c(c4)oc4ccccc45)n3)cc2)cc1.c1ccc(-c2nc(-c3ccc(-c4cccc(-n5c6ccccc6c6ccccc65)c4)cc3)nc(-c3ccc4c(c3)oc3ccccc34)n2)cc1. The zero-order valence-electron chi connectivity index (χ0n) is 57.0. The van der Waals surface area contributed by atoms with Crippen LogP contribution in [0.2, 0.25) is 0 Å². The van der Waals surface area contributed by atoms with Crippen molar-refractivity contribution in [2.45, 2.75) is 0 Å². The zero-order chi connectivity index (χ0) is 70.0. The molecular formula is C96H60N8O2. The molecule has 0 aliphatic rings. The van der Waals surface area contributed by atoms with Crippen molar-refractivity contribution in [1.82, 2.24) is 39.0 Å². The summed E-state index contributed by atoms with van der Waals surface area (Å²) in [6.07, 6.45) is 0. The number of hydrogen-bond acceptors (Lipinski definition) is 8. The van der Waals surface area contributed by atoms with Gasteiger partial charge in [-0.2, -0.15) is 0 Å². The largest absolute Gasteiger partial charge is 0.456 e. The molecule has 0 amide bonds. The van der Waals surface area contributed by atoms with Gasteiger partial charge < -0.3 is 18.0 Å². The first kappa shape index (κ1) is 61.4. The van der Waals surface area contributed by atoms with Gasteiger partial charge in [0.15, 0.2) is 34.9 Å². The minimum atomic E-state index is 0.586. The second-order valence-electron chi connectivity index (χ2n) is 26.5. The van der Waals surface area contributed by atoms with E-state index in [-0.39, 0.29) is 0 Å². The lowest BCUT2D eigenvalue weighted by atomic mass is 10.0. The average Bonchev–Trinajstić information content (AvgIpc) is 1.72. The molecule has 0 aliphatic carbocycles. The third-order valence-corrected chi connectivity index (χ3v) is 20.1. The Bertz CT molecular complexity index is 6830. The van der Waals surface area contributed by atoms with Gasteiger partial charge in [-0.15, -0.1) is 0 Å². The molecule has 0 saturated carbocycles. The van der Waals surface area contributed by atoms with Gasteiger partial charge in [-0.25, -0.2) is 29.9 Å². The highest BCUT2D eigenvalue weighted by molar-refractivity contribution is 6.11. The Morgan fingerprint density at radius 1 is 0.160 bits per heavy atom. The first-order valence-corrected chi connectivity index (χ1v) is 35.5. The Morgan fingerprint density at radius 2 is 0.406 bits per heavy atom. The van der Waals surface area contributed by atoms with Crippen LogP contribution in [0, 0.1) is 0 Å². The van der Waals surface area contributed by atoms with Crippen molar-refractivity contribution in [2.24, 2.45) is 0 Å². The fourth-order valence-corrected chi connectivity index (χ4v) is 15.0. The van der Waals surface area contributed by atoms with Crippen LogP contribution >= 0.6 is 0 Å². The lowest BCUT2D eigenvalue weighted by molar-refractivity contribution is 0.668. The topological polar surface area (TPSA) is 113 Å². The van der Waals surface area contributed by atoms with E-state index in [0.29, 0.717) is 34.9 Å². The van der Waals surface area contributed by atoms with Crippen molar-refractivity contribution in [3.63, 3.8) is 0 Å². The van der Waals surface area contributed by atoms with Crippen molar-refractivity contribution >= 4 is 87.5 Å². The lowest BCUT2D eigenvalue weighted by Crippen LogP contribution is -2.00. The number of hydrogen-bond donors (Lipinski definition) is 0. The monoisotopic (exact) mass is 1360 g/mol. The summed E-state index contributed by atoms with van der Waals surface area (Å²) >= 11 is 0. The first-order valence-electron chi connectivity index (χ1n) is 35.5. The van der Waals surface area contributed by atoms with E-state index < -0.39 is 0 Å². The van der Waals surface area contributed by atoms with Crippen LogP contribution in [0.15, 0.2) is 373 Å². The van der Waals surface area contributed by atoms with Gasteiger partial charge in [-0.05, 0) is 118 Å². The second-order valence-corrected chi connectivity index (χ2v) is 26.5. The summed E-state index contributed by atoms with van der Waals surface area (Å²) in [7, 11) is 0. The molecule has 0 fully saturated rings. The van der Waals surface area contributed by atoms with Gasteiger partial charge in [-0.1, -0.05) is 279 Å². The van der Waals surface area contributed by atoms with Gasteiger partial charge in [0.05, 0.1) is 22.1 Å². The molecule has 496 valence electrons. The maximum Gasteiger partial charge on any atom is 0.164 e. The number of benzene rings is 15. The first-order chi connectivity index (χ1) is 52.5. The molecule has 0 spiro atoms. The summed E-state index contributed by atoms with van der Waals surface area (Å²) in [5, 5.41) is 9.32. The number of para-hydroxylation sites is 6. The van der Waals surface area contributed by atoms with Gasteiger partial charge in [0.1, 0.15) is 22.3 Å². The third-order valence-electron chi connectivity index (χ3n) is 20.1. The van der Waals surface area contributed by atoms with Crippen LogP contribution in [0.3, 0.4) is 0 Å². The van der Waals surface area contributed by atoms with Crippen molar-refractivity contribution in [2.75, 3.05) is 0 Å². The minimum absolute atomic E-state index is 0.586. The number of aromatic nitrogens is 8. The van der Waals surface area contributed by atoms with E-state index in [1.165, 1.54) is 43.6 Å². The molecule has 21 rings (SSSR count). The molecule has 21 aromatic rings. The van der Waals surface area contributed by atoms with Crippen LogP contribution < -0.4 is 0 Å². The molecule has 10 nitrogen and oxygen atoms in total. The Labute approximate surface area is 608 Å². The zero-order valence-corrected chi connectivity index (χ0v) is 57.0. The van der Waals surface area contributed by atoms with Crippen molar-refractivity contribution in [3.05, 3.63) is 364 Å². The number of rotatable bonds is 11. The molecule has 15 aromatic carbocycles. The molecule has 10 heteroatoms. The summed E-state index contributed by atoms with van der Waals surface area (Å²) in [4.78, 5) is 30.1. The second kappa shape index (κ2) is 25.8. The molecule has 0 bridgehead atoms. The molecule has 0 atom stereocenters. The molecule has 0 N–H and O–H groups in total. The molecule has 0 aliphatic heterocycles. The number of fused-ring (bicyclic) bond motifs is 12. The maximum atomic E-state index is 6.26. The Hall–Kier alpha value is -14.5. The number of furan rings is 2. The van der Waals surface area contributed by atoms with Crippen molar-refractivity contribution in [3.8, 4) is 113 Å². The minimum Gasteiger partial charge on any atom is -0.456 e. The highest BCUT2D eigenvalue weighted by atomic mass is 16.3. The summed E-state index contributed by atoms with van der Waals surface area (Å²) in [5.41, 5.74) is 22.5. The maximum absolute atomic E-state index is 6.26. The van der Waals surface area contributed by atoms with E-state index in [0.717, 1.165) is 122 Å². The fraction of sp³-hybridized carbons (Fsp3) is 0. The molecule has 106 heavy (non-hydrogen) atoms. The van der Waals surface area contributed by atoms with E-state index in [2.05, 4.69) is 288 Å². The summed E-state index contributed by atoms with van der Waals surface area (Å²) in [6, 6.07) is 126. The third kappa shape index (κ3) is 11.1. The summed E-state index contributed by atoms with van der Waals surface area (Å²) < 4.78 is 17.2. The van der Waals surface area contributed by atoms with Crippen LogP contribution in [0.5, 0.6) is 0 Å². The molecule has 0 unspecified atom stereocenters. The van der Waals surface area contributed by atoms with Crippen LogP contribution in [0.1, 0.15) is 0 Å². The molecule has 0 radical (unpaired) electrons. The standard InChI is InChI=1S/C51H32N4O.C45H28N4O/c1-2-11-33(12-3-1)34-21-25-36(26-22-34)49-52-50(54-51(53-49)39-29-30-44-43-17-6-9-20-47(43)56-48(44)32-39)37-27-23-35(24-28-37)38-13-10-14-40(31-38)55-45-18-7-4-15-41(45)42-16-5-8-19-46(42)55;1-2-11-30(12-3-1)43-46-44(48-45(47-43)33-25-26-38-37-17-6-9-20-41(37)50-42(38)28-33)31-23-21-29(22-24-31)32-13-10-14-34(27-32)49-39-18-7-4-15-35(39)36-16-5-8-19-40(36)49/h1-32H;1-28H. The van der Waals surface area contributed by atoms with Gasteiger partial charge in [0, 0.05) is 87.8 Å². The summed E-state index contributed by atoms with van der Waals surface area (Å²) in [6.45, 7) is 0. The summed E-state index contributed by atoms with van der Waals surface area (Å²) in [5.74, 6) is 3.63. The molecular weight excluding hydrogens is 1300 g/mol. The predicted octanol–water partition coefficient (Wildman–Crippen LogP) is 24.7. The Balaban J connectivity index is 0.000000141. The average molecular weight is 1360 g/mol. The van der Waals surface area contributed by atoms with E-state index in [1.807, 2.05) is 84.9 Å². The van der Waals surface area contributed by atoms with Gasteiger partial charge in [0.25, 0.3) is 0 Å². The van der Waals surface area contributed by atoms with Crippen LogP contribution in [-0.4, -0.2) is 39.0 Å². The van der Waals surface area contributed by atoms with E-state index in [9.17, 15) is 0 Å². The van der Waals surface area contributed by atoms with Crippen LogP contribution in [0.4, 0.5) is 0 Å². The smallest absolute Gasteiger partial charge is 0.164 e. The van der Waals surface area contributed by atoms with Crippen molar-refractivity contribution in [1.29, 1.82) is 0 Å². The van der Waals surface area contributed by atoms with E-state index in [4.69, 9.17) is 38.7 Å². The van der Waals surface area contributed by atoms with Crippen LogP contribution in [-0.2, 0) is 0 Å². The lowest BCUT2D eigenvalue weighted by Gasteiger charge is -2.11. The van der Waals surface area contributed by atoms with Gasteiger partial charge in [0.2, 0.25) is 0 Å². The van der Waals surface area contributed by atoms with Gasteiger partial charge >= 0.3 is 0 Å². The van der Waals surface area contributed by atoms with Gasteiger partial charge in [-0.3, -0.25) is 0 Å². The molecule has 6 heterocycles. The number of nitrogens with zero attached hydrogens (tertiary/aromatic N) is 8. The quantitative estimate of drug-likeness (QED) is 0.126. The molecule has 6 aromatic heterocycles.